The lowest BCUT2D eigenvalue weighted by atomic mass is 10.00. The largest absolute Gasteiger partial charge is 0.330 e. The Labute approximate surface area is 104 Å². The van der Waals surface area contributed by atoms with E-state index in [1.54, 1.807) is 11.3 Å². The maximum Gasteiger partial charge on any atom is 0.0971 e. The first-order chi connectivity index (χ1) is 7.81. The van der Waals surface area contributed by atoms with E-state index in [2.05, 4.69) is 4.98 Å². The zero-order valence-electron chi connectivity index (χ0n) is 8.77. The molecule has 0 bridgehead atoms. The summed E-state index contributed by atoms with van der Waals surface area (Å²) in [6.45, 7) is 0.596. The van der Waals surface area contributed by atoms with Crippen LogP contribution in [0.15, 0.2) is 35.8 Å². The zero-order valence-corrected chi connectivity index (χ0v) is 10.3. The molecule has 1 unspecified atom stereocenters. The van der Waals surface area contributed by atoms with E-state index in [9.17, 15) is 0 Å². The van der Waals surface area contributed by atoms with E-state index in [-0.39, 0.29) is 5.92 Å². The molecule has 16 heavy (non-hydrogen) atoms. The molecule has 2 rings (SSSR count). The van der Waals surface area contributed by atoms with Gasteiger partial charge in [-0.05, 0) is 18.1 Å². The smallest absolute Gasteiger partial charge is 0.0971 e. The quantitative estimate of drug-likeness (QED) is 0.908. The molecule has 2 nitrogen and oxygen atoms in total. The van der Waals surface area contributed by atoms with Crippen molar-refractivity contribution in [2.75, 3.05) is 6.54 Å². The molecule has 1 aromatic carbocycles. The van der Waals surface area contributed by atoms with Gasteiger partial charge in [0.05, 0.1) is 5.01 Å². The van der Waals surface area contributed by atoms with E-state index in [4.69, 9.17) is 17.3 Å². The number of nitrogens with two attached hydrogens (primary N) is 1. The summed E-state index contributed by atoms with van der Waals surface area (Å²) in [5.41, 5.74) is 6.92. The topological polar surface area (TPSA) is 38.9 Å². The van der Waals surface area contributed by atoms with Gasteiger partial charge in [0.2, 0.25) is 0 Å². The van der Waals surface area contributed by atoms with Gasteiger partial charge in [-0.2, -0.15) is 0 Å². The van der Waals surface area contributed by atoms with Gasteiger partial charge in [0, 0.05) is 29.1 Å². The summed E-state index contributed by atoms with van der Waals surface area (Å²) in [4.78, 5) is 4.31. The van der Waals surface area contributed by atoms with Crippen molar-refractivity contribution in [2.45, 2.75) is 12.3 Å². The second-order valence-electron chi connectivity index (χ2n) is 3.60. The highest BCUT2D eigenvalue weighted by atomic mass is 35.5. The fraction of sp³-hybridized carbons (Fsp3) is 0.250. The summed E-state index contributed by atoms with van der Waals surface area (Å²) >= 11 is 7.78. The maximum atomic E-state index is 6.13. The standard InChI is InChI=1S/C12H13ClN2S/c13-11-4-2-1-3-9(11)7-10(8-14)12-15-5-6-16-12/h1-6,10H,7-8,14H2. The molecule has 4 heteroatoms. The van der Waals surface area contributed by atoms with Crippen molar-refractivity contribution in [3.63, 3.8) is 0 Å². The number of rotatable bonds is 4. The molecule has 0 saturated carbocycles. The van der Waals surface area contributed by atoms with Crippen LogP contribution in [0.25, 0.3) is 0 Å². The van der Waals surface area contributed by atoms with Gasteiger partial charge in [-0.3, -0.25) is 0 Å². The fourth-order valence-electron chi connectivity index (χ4n) is 1.64. The van der Waals surface area contributed by atoms with Crippen LogP contribution < -0.4 is 5.73 Å². The molecule has 84 valence electrons. The van der Waals surface area contributed by atoms with Gasteiger partial charge in [0.15, 0.2) is 0 Å². The summed E-state index contributed by atoms with van der Waals surface area (Å²) in [7, 11) is 0. The Morgan fingerprint density at radius 1 is 1.38 bits per heavy atom. The molecular formula is C12H13ClN2S. The third-order valence-electron chi connectivity index (χ3n) is 2.51. The third-order valence-corrected chi connectivity index (χ3v) is 3.82. The van der Waals surface area contributed by atoms with Crippen LogP contribution in [0.1, 0.15) is 16.5 Å². The molecule has 0 radical (unpaired) electrons. The average molecular weight is 253 g/mol. The Balaban J connectivity index is 2.17. The molecule has 0 amide bonds. The van der Waals surface area contributed by atoms with Crippen LogP contribution in [0, 0.1) is 0 Å². The minimum absolute atomic E-state index is 0.264. The zero-order chi connectivity index (χ0) is 11.4. The van der Waals surface area contributed by atoms with Crippen molar-refractivity contribution < 1.29 is 0 Å². The van der Waals surface area contributed by atoms with Crippen molar-refractivity contribution in [3.05, 3.63) is 51.4 Å². The van der Waals surface area contributed by atoms with Crippen LogP contribution in [0.5, 0.6) is 0 Å². The minimum Gasteiger partial charge on any atom is -0.330 e. The first-order valence-electron chi connectivity index (χ1n) is 5.14. The number of nitrogens with zero attached hydrogens (tertiary/aromatic N) is 1. The number of aromatic nitrogens is 1. The van der Waals surface area contributed by atoms with Gasteiger partial charge >= 0.3 is 0 Å². The van der Waals surface area contributed by atoms with Crippen molar-refractivity contribution in [3.8, 4) is 0 Å². The first-order valence-corrected chi connectivity index (χ1v) is 6.40. The monoisotopic (exact) mass is 252 g/mol. The van der Waals surface area contributed by atoms with Crippen molar-refractivity contribution in [1.82, 2.24) is 4.98 Å². The van der Waals surface area contributed by atoms with Gasteiger partial charge in [0.1, 0.15) is 0 Å². The number of hydrogen-bond donors (Lipinski definition) is 1. The third kappa shape index (κ3) is 2.61. The van der Waals surface area contributed by atoms with Gasteiger partial charge in [-0.15, -0.1) is 11.3 Å². The van der Waals surface area contributed by atoms with Crippen molar-refractivity contribution in [2.24, 2.45) is 5.73 Å². The van der Waals surface area contributed by atoms with E-state index < -0.39 is 0 Å². The molecule has 0 fully saturated rings. The normalized spacial score (nSPS) is 12.6. The van der Waals surface area contributed by atoms with Gasteiger partial charge < -0.3 is 5.73 Å². The predicted octanol–water partition coefficient (Wildman–Crippen LogP) is 3.08. The summed E-state index contributed by atoms with van der Waals surface area (Å²) in [6.07, 6.45) is 2.67. The highest BCUT2D eigenvalue weighted by Crippen LogP contribution is 2.25. The Kier molecular flexibility index (Phi) is 3.93. The molecule has 2 N–H and O–H groups in total. The molecule has 0 saturated heterocycles. The highest BCUT2D eigenvalue weighted by Gasteiger charge is 2.14. The number of thiazole rings is 1. The van der Waals surface area contributed by atoms with Gasteiger partial charge in [0.25, 0.3) is 0 Å². The number of benzene rings is 1. The molecule has 0 aliphatic rings. The first kappa shape index (κ1) is 11.6. The van der Waals surface area contributed by atoms with E-state index in [0.717, 1.165) is 22.0 Å². The van der Waals surface area contributed by atoms with E-state index in [1.165, 1.54) is 0 Å². The molecule has 1 heterocycles. The van der Waals surface area contributed by atoms with Crippen LogP contribution >= 0.6 is 22.9 Å². The summed E-state index contributed by atoms with van der Waals surface area (Å²) in [6, 6.07) is 7.88. The Bertz CT molecular complexity index is 442. The minimum atomic E-state index is 0.264. The fourth-order valence-corrected chi connectivity index (χ4v) is 2.60. The Morgan fingerprint density at radius 3 is 2.81 bits per heavy atom. The lowest BCUT2D eigenvalue weighted by Crippen LogP contribution is -2.15. The van der Waals surface area contributed by atoms with Crippen LogP contribution in [-0.4, -0.2) is 11.5 Å². The molecule has 1 atom stereocenters. The second kappa shape index (κ2) is 5.43. The second-order valence-corrected chi connectivity index (χ2v) is 4.93. The Morgan fingerprint density at radius 2 is 2.19 bits per heavy atom. The summed E-state index contributed by atoms with van der Waals surface area (Å²) in [5, 5.41) is 3.87. The highest BCUT2D eigenvalue weighted by molar-refractivity contribution is 7.09. The molecular weight excluding hydrogens is 240 g/mol. The lowest BCUT2D eigenvalue weighted by molar-refractivity contribution is 0.689. The van der Waals surface area contributed by atoms with Crippen LogP contribution in [0.4, 0.5) is 0 Å². The number of halogens is 1. The molecule has 0 aliphatic heterocycles. The van der Waals surface area contributed by atoms with Crippen LogP contribution in [-0.2, 0) is 6.42 Å². The van der Waals surface area contributed by atoms with Crippen molar-refractivity contribution in [1.29, 1.82) is 0 Å². The molecule has 1 aromatic heterocycles. The maximum absolute atomic E-state index is 6.13. The lowest BCUT2D eigenvalue weighted by Gasteiger charge is -2.12. The van der Waals surface area contributed by atoms with Gasteiger partial charge in [-0.1, -0.05) is 29.8 Å². The van der Waals surface area contributed by atoms with Crippen molar-refractivity contribution >= 4 is 22.9 Å². The van der Waals surface area contributed by atoms with E-state index in [0.29, 0.717) is 6.54 Å². The van der Waals surface area contributed by atoms with E-state index in [1.807, 2.05) is 35.8 Å². The predicted molar refractivity (Wildman–Crippen MR) is 69.1 cm³/mol. The molecule has 0 aliphatic carbocycles. The molecule has 2 aromatic rings. The molecule has 0 spiro atoms. The average Bonchev–Trinajstić information content (AvgIpc) is 2.81. The SMILES string of the molecule is NCC(Cc1ccccc1Cl)c1nccs1. The van der Waals surface area contributed by atoms with Crippen LogP contribution in [0.3, 0.4) is 0 Å². The Hall–Kier alpha value is -0.900. The number of hydrogen-bond acceptors (Lipinski definition) is 3. The van der Waals surface area contributed by atoms with Crippen LogP contribution in [0.2, 0.25) is 5.02 Å². The summed E-state index contributed by atoms with van der Waals surface area (Å²) in [5.74, 6) is 0.264. The van der Waals surface area contributed by atoms with Gasteiger partial charge in [-0.25, -0.2) is 4.98 Å². The summed E-state index contributed by atoms with van der Waals surface area (Å²) < 4.78 is 0. The van der Waals surface area contributed by atoms with E-state index >= 15 is 0 Å².